The maximum absolute atomic E-state index is 7.67. The quantitative estimate of drug-likeness (QED) is 0.611. The lowest BCUT2D eigenvalue weighted by Gasteiger charge is -1.96. The van der Waals surface area contributed by atoms with Crippen LogP contribution < -0.4 is 5.73 Å². The van der Waals surface area contributed by atoms with Gasteiger partial charge >= 0.3 is 0 Å². The molecule has 0 atom stereocenters. The molecule has 0 aromatic carbocycles. The van der Waals surface area contributed by atoms with Gasteiger partial charge in [-0.05, 0) is 12.9 Å². The summed E-state index contributed by atoms with van der Waals surface area (Å²) in [5.74, 6) is 0. The summed E-state index contributed by atoms with van der Waals surface area (Å²) in [6.07, 6.45) is -24.7. The van der Waals surface area contributed by atoms with Crippen molar-refractivity contribution in [3.8, 4) is 0 Å². The maximum Gasteiger partial charge on any atom is 0.0425 e. The molecule has 0 aromatic heterocycles. The van der Waals surface area contributed by atoms with E-state index in [1.54, 1.807) is 0 Å². The molecule has 0 aliphatic rings. The van der Waals surface area contributed by atoms with Crippen LogP contribution in [0.5, 0.6) is 0 Å². The standard InChI is InChI=1S/C8H19N/c1-2-3-4-5-6-7-8-9/h2-9H2,1H3/i1D3,2D2,3D2,4D2,5D2,6D2,7D2,8D2. The zero-order valence-corrected chi connectivity index (χ0v) is 4.58. The predicted octanol–water partition coefficient (Wildman–Crippen LogP) is 2.31. The van der Waals surface area contributed by atoms with Gasteiger partial charge in [0.1, 0.15) is 0 Å². The first kappa shape index (κ1) is 0.911. The van der Waals surface area contributed by atoms with E-state index in [1.165, 1.54) is 0 Å². The molecular formula is C8H19N. The van der Waals surface area contributed by atoms with E-state index in [9.17, 15) is 0 Å². The van der Waals surface area contributed by atoms with Gasteiger partial charge in [-0.25, -0.2) is 0 Å². The van der Waals surface area contributed by atoms with Gasteiger partial charge in [0.15, 0.2) is 0 Å². The summed E-state index contributed by atoms with van der Waals surface area (Å²) in [6, 6.07) is 0. The average Bonchev–Trinajstić information content (AvgIpc) is 2.34. The largest absolute Gasteiger partial charge is 0.330 e. The highest BCUT2D eigenvalue weighted by atomic mass is 14.5. The first-order chi connectivity index (χ1) is 10.8. The highest BCUT2D eigenvalue weighted by Gasteiger charge is 1.85. The van der Waals surface area contributed by atoms with Gasteiger partial charge in [-0.15, -0.1) is 0 Å². The monoisotopic (exact) mass is 146 g/mol. The number of rotatable bonds is 6. The van der Waals surface area contributed by atoms with Crippen LogP contribution in [0.1, 0.15) is 68.4 Å². The lowest BCUT2D eigenvalue weighted by atomic mass is 10.1. The average molecular weight is 146 g/mol. The zero-order valence-electron chi connectivity index (χ0n) is 21.6. The number of nitrogens with two attached hydrogens (primary N) is 1. The van der Waals surface area contributed by atoms with E-state index in [1.807, 2.05) is 0 Å². The summed E-state index contributed by atoms with van der Waals surface area (Å²) in [5, 5.41) is 0. The summed E-state index contributed by atoms with van der Waals surface area (Å²) in [7, 11) is 0. The number of hydrogen-bond donors (Lipinski definition) is 1. The van der Waals surface area contributed by atoms with Gasteiger partial charge in [-0.2, -0.15) is 0 Å². The van der Waals surface area contributed by atoms with Gasteiger partial charge in [0.2, 0.25) is 0 Å². The van der Waals surface area contributed by atoms with Gasteiger partial charge < -0.3 is 5.73 Å². The minimum absolute atomic E-state index is 3.53. The summed E-state index contributed by atoms with van der Waals surface area (Å²) < 4.78 is 126. The van der Waals surface area contributed by atoms with Gasteiger partial charge in [0.05, 0.1) is 0 Å². The summed E-state index contributed by atoms with van der Waals surface area (Å²) in [6.45, 7) is -7.30. The molecule has 1 nitrogen and oxygen atoms in total. The lowest BCUT2D eigenvalue weighted by molar-refractivity contribution is 0.612. The molecule has 56 valence electrons. The third-order valence-corrected chi connectivity index (χ3v) is 0.385. The van der Waals surface area contributed by atoms with Crippen molar-refractivity contribution < 1.29 is 23.3 Å². The van der Waals surface area contributed by atoms with Crippen LogP contribution >= 0.6 is 0 Å². The van der Waals surface area contributed by atoms with E-state index in [0.29, 0.717) is 0 Å². The second kappa shape index (κ2) is 7.96. The first-order valence-electron chi connectivity index (χ1n) is 10.5. The molecule has 0 fully saturated rings. The van der Waals surface area contributed by atoms with Crippen LogP contribution in [0.15, 0.2) is 0 Å². The third-order valence-electron chi connectivity index (χ3n) is 0.385. The summed E-state index contributed by atoms with van der Waals surface area (Å²) >= 11 is 0. The Morgan fingerprint density at radius 1 is 1.22 bits per heavy atom. The zero-order chi connectivity index (χ0) is 22.0. The van der Waals surface area contributed by atoms with E-state index in [0.717, 1.165) is 0 Å². The minimum atomic E-state index is -4.26. The molecule has 0 radical (unpaired) electrons. The minimum Gasteiger partial charge on any atom is -0.330 e. The van der Waals surface area contributed by atoms with E-state index < -0.39 is 51.6 Å². The highest BCUT2D eigenvalue weighted by molar-refractivity contribution is 4.43. The number of hydrogen-bond acceptors (Lipinski definition) is 1. The molecule has 0 amide bonds. The van der Waals surface area contributed by atoms with Gasteiger partial charge in [0, 0.05) is 23.3 Å². The summed E-state index contributed by atoms with van der Waals surface area (Å²) in [5.41, 5.74) is 4.87. The Hall–Kier alpha value is -0.0400. The molecule has 0 saturated carbocycles. The molecule has 0 rings (SSSR count). The Balaban J connectivity index is 6.61. The van der Waals surface area contributed by atoms with Crippen molar-refractivity contribution in [3.63, 3.8) is 0 Å². The second-order valence-corrected chi connectivity index (χ2v) is 0.894. The SMILES string of the molecule is [2H]C([2H])([2H])C([2H])([2H])C([2H])([2H])C([2H])([2H])C([2H])([2H])C([2H])([2H])C([2H])([2H])C([2H])([2H])N. The maximum atomic E-state index is 7.67. The van der Waals surface area contributed by atoms with Gasteiger partial charge in [-0.1, -0.05) is 38.7 Å². The molecule has 0 aliphatic heterocycles. The topological polar surface area (TPSA) is 26.0 Å². The molecule has 0 saturated heterocycles. The van der Waals surface area contributed by atoms with E-state index >= 15 is 0 Å². The molecule has 1 heteroatoms. The summed E-state index contributed by atoms with van der Waals surface area (Å²) in [4.78, 5) is 0. The molecule has 0 heterocycles. The predicted molar refractivity (Wildman–Crippen MR) is 42.4 cm³/mol. The molecular weight excluding hydrogens is 110 g/mol. The molecule has 0 spiro atoms. The Morgan fingerprint density at radius 2 is 1.89 bits per heavy atom. The second-order valence-electron chi connectivity index (χ2n) is 0.894. The first-order valence-corrected chi connectivity index (χ1v) is 2.04. The Bertz CT molecular complexity index is 474. The molecule has 9 heavy (non-hydrogen) atoms. The van der Waals surface area contributed by atoms with E-state index in [4.69, 9.17) is 29.0 Å². The molecule has 2 N–H and O–H groups in total. The van der Waals surface area contributed by atoms with Crippen molar-refractivity contribution in [2.75, 3.05) is 6.50 Å². The fourth-order valence-corrected chi connectivity index (χ4v) is 0.161. The van der Waals surface area contributed by atoms with E-state index in [-0.39, 0.29) is 0 Å². The van der Waals surface area contributed by atoms with Crippen molar-refractivity contribution in [1.82, 2.24) is 0 Å². The molecule has 0 aliphatic carbocycles. The van der Waals surface area contributed by atoms with Crippen LogP contribution in [-0.2, 0) is 0 Å². The smallest absolute Gasteiger partial charge is 0.0425 e. The Morgan fingerprint density at radius 3 is 2.56 bits per heavy atom. The van der Waals surface area contributed by atoms with Crippen LogP contribution in [0, 0.1) is 0 Å². The third kappa shape index (κ3) is 7.96. The van der Waals surface area contributed by atoms with Crippen molar-refractivity contribution in [3.05, 3.63) is 0 Å². The van der Waals surface area contributed by atoms with Crippen LogP contribution in [0.25, 0.3) is 0 Å². The Labute approximate surface area is 82.5 Å². The van der Waals surface area contributed by atoms with Gasteiger partial charge in [-0.3, -0.25) is 0 Å². The van der Waals surface area contributed by atoms with Crippen LogP contribution in [0.3, 0.4) is 0 Å². The molecule has 0 unspecified atom stereocenters. The van der Waals surface area contributed by atoms with Crippen LogP contribution in [0.4, 0.5) is 0 Å². The lowest BCUT2D eigenvalue weighted by Crippen LogP contribution is -1.97. The van der Waals surface area contributed by atoms with Gasteiger partial charge in [0.25, 0.3) is 0 Å². The normalized spacial score (nSPS) is 50.6. The highest BCUT2D eigenvalue weighted by Crippen LogP contribution is 2.03. The van der Waals surface area contributed by atoms with Crippen molar-refractivity contribution in [2.45, 2.75) is 45.1 Å². The fourth-order valence-electron chi connectivity index (χ4n) is 0.161. The molecule has 0 bridgehead atoms. The van der Waals surface area contributed by atoms with Crippen LogP contribution in [-0.4, -0.2) is 6.50 Å². The van der Waals surface area contributed by atoms with Crippen molar-refractivity contribution in [1.29, 1.82) is 0 Å². The molecule has 0 aromatic rings. The van der Waals surface area contributed by atoms with Crippen molar-refractivity contribution >= 4 is 0 Å². The Kier molecular flexibility index (Phi) is 0.806. The fraction of sp³-hybridized carbons (Fsp3) is 1.00. The van der Waals surface area contributed by atoms with Crippen LogP contribution in [0.2, 0.25) is 0 Å². The van der Waals surface area contributed by atoms with E-state index in [2.05, 4.69) is 0 Å². The van der Waals surface area contributed by atoms with Crippen molar-refractivity contribution in [2.24, 2.45) is 5.73 Å².